The number of ether oxygens (including phenoxy) is 2. The van der Waals surface area contributed by atoms with Crippen molar-refractivity contribution in [1.29, 1.82) is 0 Å². The molecule has 1 amide bonds. The van der Waals surface area contributed by atoms with Crippen LogP contribution in [0, 0.1) is 12.7 Å². The summed E-state index contributed by atoms with van der Waals surface area (Å²) in [5, 5.41) is 2.64. The zero-order valence-electron chi connectivity index (χ0n) is 22.4. The number of imidazole rings is 2. The molecule has 1 aromatic carbocycles. The van der Waals surface area contributed by atoms with Crippen molar-refractivity contribution in [2.75, 3.05) is 14.2 Å². The van der Waals surface area contributed by atoms with Crippen LogP contribution >= 0.6 is 0 Å². The summed E-state index contributed by atoms with van der Waals surface area (Å²) in [5.74, 6) is 1.04. The molecule has 40 heavy (non-hydrogen) atoms. The van der Waals surface area contributed by atoms with Crippen LogP contribution in [-0.4, -0.2) is 50.4 Å². The average Bonchev–Trinajstić information content (AvgIpc) is 3.43. The maximum absolute atomic E-state index is 14.6. The molecule has 1 saturated carbocycles. The van der Waals surface area contributed by atoms with Gasteiger partial charge in [0.05, 0.1) is 50.2 Å². The molecule has 0 unspecified atom stereocenters. The van der Waals surface area contributed by atoms with Crippen molar-refractivity contribution in [3.63, 3.8) is 0 Å². The number of carbonyl (C=O) groups excluding carboxylic acids is 1. The third-order valence-corrected chi connectivity index (χ3v) is 7.35. The van der Waals surface area contributed by atoms with Gasteiger partial charge in [0.25, 0.3) is 5.91 Å². The molecule has 1 aliphatic rings. The highest BCUT2D eigenvalue weighted by atomic mass is 19.1. The number of fused-ring (bicyclic) bond motifs is 3. The number of amides is 1. The maximum Gasteiger partial charge on any atom is 0.259 e. The van der Waals surface area contributed by atoms with Crippen LogP contribution < -0.4 is 14.8 Å². The molecule has 0 saturated heterocycles. The van der Waals surface area contributed by atoms with Crippen molar-refractivity contribution < 1.29 is 18.7 Å². The molecular formula is C29H28FN7O3. The molecule has 1 N–H and O–H groups in total. The molecule has 0 atom stereocenters. The van der Waals surface area contributed by atoms with Gasteiger partial charge in [-0.1, -0.05) is 6.42 Å². The minimum absolute atomic E-state index is 0.0261. The number of halogens is 1. The first kappa shape index (κ1) is 25.5. The highest BCUT2D eigenvalue weighted by molar-refractivity contribution is 6.02. The predicted octanol–water partition coefficient (Wildman–Crippen LogP) is 4.95. The number of aromatic nitrogens is 5. The summed E-state index contributed by atoms with van der Waals surface area (Å²) in [6.45, 7) is 2.36. The van der Waals surface area contributed by atoms with Crippen LogP contribution in [0.3, 0.4) is 0 Å². The van der Waals surface area contributed by atoms with Gasteiger partial charge in [-0.2, -0.15) is 0 Å². The molecule has 10 nitrogen and oxygen atoms in total. The van der Waals surface area contributed by atoms with E-state index < -0.39 is 11.7 Å². The van der Waals surface area contributed by atoms with Crippen LogP contribution in [0.5, 0.6) is 11.5 Å². The standard InChI is InChI=1S/C29H28FN7O3/c1-17-14-36-26-23(33-16-34-28(38)25-21(18-5-4-6-18)12-31-13-22(25)30)9-10-32-27(26)37(29(36)35-17)15-19-7-8-20(39-2)11-24(19)40-3/h7-14,16,18H,4-6,15H2,1-3H3,(H,32,33,34,38). The molecular weight excluding hydrogens is 513 g/mol. The molecule has 204 valence electrons. The Kier molecular flexibility index (Phi) is 6.63. The van der Waals surface area contributed by atoms with Crippen LogP contribution in [0.25, 0.3) is 16.9 Å². The quantitative estimate of drug-likeness (QED) is 0.220. The fraction of sp³-hybridized carbons (Fsp3) is 0.276. The minimum Gasteiger partial charge on any atom is -0.497 e. The largest absolute Gasteiger partial charge is 0.497 e. The second-order valence-corrected chi connectivity index (χ2v) is 9.76. The Morgan fingerprint density at radius 3 is 2.83 bits per heavy atom. The van der Waals surface area contributed by atoms with Crippen LogP contribution in [0.1, 0.15) is 52.4 Å². The number of aliphatic imine (C=N–C) groups is 1. The Labute approximate surface area is 229 Å². The number of methoxy groups -OCH3 is 2. The van der Waals surface area contributed by atoms with Gasteiger partial charge >= 0.3 is 0 Å². The zero-order valence-corrected chi connectivity index (χ0v) is 22.4. The van der Waals surface area contributed by atoms with Gasteiger partial charge in [0.1, 0.15) is 17.0 Å². The third kappa shape index (κ3) is 4.42. The van der Waals surface area contributed by atoms with Crippen molar-refractivity contribution in [3.8, 4) is 11.5 Å². The van der Waals surface area contributed by atoms with E-state index in [1.807, 2.05) is 40.3 Å². The van der Waals surface area contributed by atoms with Crippen molar-refractivity contribution in [1.82, 2.24) is 29.2 Å². The first-order valence-corrected chi connectivity index (χ1v) is 13.0. The lowest BCUT2D eigenvalue weighted by atomic mass is 9.79. The van der Waals surface area contributed by atoms with Gasteiger partial charge < -0.3 is 14.8 Å². The van der Waals surface area contributed by atoms with Crippen LogP contribution in [0.4, 0.5) is 10.1 Å². The van der Waals surface area contributed by atoms with E-state index in [-0.39, 0.29) is 11.5 Å². The molecule has 6 rings (SSSR count). The van der Waals surface area contributed by atoms with Crippen molar-refractivity contribution >= 4 is 34.9 Å². The Balaban J connectivity index is 1.35. The summed E-state index contributed by atoms with van der Waals surface area (Å²) < 4.78 is 29.5. The van der Waals surface area contributed by atoms with E-state index in [0.29, 0.717) is 40.7 Å². The Hall–Kier alpha value is -4.80. The van der Waals surface area contributed by atoms with E-state index in [1.54, 1.807) is 32.7 Å². The van der Waals surface area contributed by atoms with Gasteiger partial charge in [0, 0.05) is 30.2 Å². The van der Waals surface area contributed by atoms with E-state index in [4.69, 9.17) is 14.5 Å². The average molecular weight is 542 g/mol. The lowest BCUT2D eigenvalue weighted by Crippen LogP contribution is -2.26. The number of nitrogens with zero attached hydrogens (tertiary/aromatic N) is 6. The minimum atomic E-state index is -0.636. The summed E-state index contributed by atoms with van der Waals surface area (Å²) in [5.41, 5.74) is 4.38. The molecule has 4 heterocycles. The van der Waals surface area contributed by atoms with Crippen molar-refractivity contribution in [3.05, 3.63) is 77.3 Å². The Morgan fingerprint density at radius 1 is 1.23 bits per heavy atom. The topological polar surface area (TPSA) is 108 Å². The van der Waals surface area contributed by atoms with Gasteiger partial charge in [-0.25, -0.2) is 19.4 Å². The summed E-state index contributed by atoms with van der Waals surface area (Å²) in [6, 6.07) is 7.42. The normalized spacial score (nSPS) is 13.7. The first-order valence-electron chi connectivity index (χ1n) is 13.0. The first-order chi connectivity index (χ1) is 19.5. The number of nitrogens with one attached hydrogen (secondary N) is 1. The Morgan fingerprint density at radius 2 is 2.08 bits per heavy atom. The lowest BCUT2D eigenvalue weighted by molar-refractivity contribution is 0.0972. The second-order valence-electron chi connectivity index (χ2n) is 9.76. The van der Waals surface area contributed by atoms with Gasteiger partial charge in [-0.15, -0.1) is 0 Å². The fourth-order valence-corrected chi connectivity index (χ4v) is 5.15. The molecule has 0 spiro atoms. The van der Waals surface area contributed by atoms with Gasteiger partial charge in [0.15, 0.2) is 11.5 Å². The summed E-state index contributed by atoms with van der Waals surface area (Å²) in [4.78, 5) is 30.8. The summed E-state index contributed by atoms with van der Waals surface area (Å²) in [7, 11) is 3.23. The van der Waals surface area contributed by atoms with Gasteiger partial charge in [-0.05, 0) is 49.4 Å². The lowest BCUT2D eigenvalue weighted by Gasteiger charge is -2.27. The van der Waals surface area contributed by atoms with E-state index >= 15 is 0 Å². The van der Waals surface area contributed by atoms with E-state index in [0.717, 1.165) is 42.2 Å². The van der Waals surface area contributed by atoms with Crippen LogP contribution in [0.15, 0.2) is 54.0 Å². The summed E-state index contributed by atoms with van der Waals surface area (Å²) in [6.07, 6.45) is 10.4. The fourth-order valence-electron chi connectivity index (χ4n) is 5.15. The third-order valence-electron chi connectivity index (χ3n) is 7.35. The smallest absolute Gasteiger partial charge is 0.259 e. The number of benzene rings is 1. The maximum atomic E-state index is 14.6. The zero-order chi connectivity index (χ0) is 27.8. The molecule has 4 aromatic heterocycles. The molecule has 1 aliphatic carbocycles. The second kappa shape index (κ2) is 10.4. The SMILES string of the molecule is COc1ccc(Cn2c3nccc(N=CNC(=O)c4c(F)cncc4C4CCC4)c3n3cc(C)nc23)c(OC)c1. The van der Waals surface area contributed by atoms with Crippen LogP contribution in [-0.2, 0) is 6.54 Å². The highest BCUT2D eigenvalue weighted by Gasteiger charge is 2.27. The number of hydrogen-bond acceptors (Lipinski definition) is 7. The number of rotatable bonds is 8. The molecule has 0 aliphatic heterocycles. The Bertz CT molecular complexity index is 1770. The van der Waals surface area contributed by atoms with Gasteiger partial charge in [0.2, 0.25) is 5.78 Å². The van der Waals surface area contributed by atoms with Crippen molar-refractivity contribution in [2.24, 2.45) is 4.99 Å². The number of aryl methyl sites for hydroxylation is 1. The van der Waals surface area contributed by atoms with Crippen molar-refractivity contribution in [2.45, 2.75) is 38.6 Å². The molecule has 11 heteroatoms. The van der Waals surface area contributed by atoms with E-state index in [2.05, 4.69) is 20.3 Å². The number of carbonyl (C=O) groups is 1. The van der Waals surface area contributed by atoms with E-state index in [9.17, 15) is 9.18 Å². The predicted molar refractivity (Wildman–Crippen MR) is 148 cm³/mol. The summed E-state index contributed by atoms with van der Waals surface area (Å²) >= 11 is 0. The van der Waals surface area contributed by atoms with Gasteiger partial charge in [-0.3, -0.25) is 18.7 Å². The monoisotopic (exact) mass is 541 g/mol. The highest BCUT2D eigenvalue weighted by Crippen LogP contribution is 2.38. The number of pyridine rings is 2. The molecule has 5 aromatic rings. The number of hydrogen-bond donors (Lipinski definition) is 1. The van der Waals surface area contributed by atoms with E-state index in [1.165, 1.54) is 6.34 Å². The molecule has 1 fully saturated rings. The molecule has 0 radical (unpaired) electrons. The molecule has 0 bridgehead atoms. The van der Waals surface area contributed by atoms with Crippen LogP contribution in [0.2, 0.25) is 0 Å².